The number of aliphatic carboxylic acids is 1. The molecule has 0 aliphatic heterocycles. The predicted octanol–water partition coefficient (Wildman–Crippen LogP) is 3.53. The van der Waals surface area contributed by atoms with Crippen molar-refractivity contribution >= 4 is 55.1 Å². The van der Waals surface area contributed by atoms with Crippen molar-refractivity contribution in [3.05, 3.63) is 26.7 Å². The van der Waals surface area contributed by atoms with Gasteiger partial charge in [-0.15, -0.1) is 0 Å². The minimum Gasteiger partial charge on any atom is -0.481 e. The van der Waals surface area contributed by atoms with Crippen molar-refractivity contribution < 1.29 is 18.3 Å². The maximum Gasteiger partial charge on any atom is 0.304 e. The number of sulfonamides is 1. The van der Waals surface area contributed by atoms with Gasteiger partial charge in [-0.2, -0.15) is 0 Å². The minimum atomic E-state index is -4.03. The summed E-state index contributed by atoms with van der Waals surface area (Å²) in [5.74, 6) is -1.30. The smallest absolute Gasteiger partial charge is 0.304 e. The molecule has 1 rings (SSSR count). The molecule has 0 bridgehead atoms. The van der Waals surface area contributed by atoms with Crippen LogP contribution in [0.4, 0.5) is 0 Å². The van der Waals surface area contributed by atoms with Gasteiger partial charge in [-0.1, -0.05) is 53.0 Å². The Balaban J connectivity index is 3.20. The highest BCUT2D eigenvalue weighted by atomic mass is 79.9. The van der Waals surface area contributed by atoms with Crippen LogP contribution in [0.3, 0.4) is 0 Å². The molecule has 0 heterocycles. The SMILES string of the molecule is CC(C)C(CC(=O)O)NS(=O)(=O)c1c(Cl)cc(Br)cc1Cl. The van der Waals surface area contributed by atoms with Gasteiger partial charge in [-0.05, 0) is 18.1 Å². The van der Waals surface area contributed by atoms with Crippen LogP contribution in [0, 0.1) is 5.92 Å². The highest BCUT2D eigenvalue weighted by Gasteiger charge is 2.28. The summed E-state index contributed by atoms with van der Waals surface area (Å²) in [5.41, 5.74) is 0. The van der Waals surface area contributed by atoms with E-state index in [9.17, 15) is 13.2 Å². The Kier molecular flexibility index (Phi) is 6.49. The van der Waals surface area contributed by atoms with Gasteiger partial charge in [0, 0.05) is 10.5 Å². The summed E-state index contributed by atoms with van der Waals surface area (Å²) in [4.78, 5) is 10.6. The first-order valence-corrected chi connectivity index (χ1v) is 8.96. The largest absolute Gasteiger partial charge is 0.481 e. The van der Waals surface area contributed by atoms with E-state index in [1.54, 1.807) is 13.8 Å². The zero-order chi connectivity index (χ0) is 16.4. The Labute approximate surface area is 141 Å². The first kappa shape index (κ1) is 18.7. The van der Waals surface area contributed by atoms with E-state index in [1.807, 2.05) is 0 Å². The molecule has 0 fully saturated rings. The number of hydrogen-bond acceptors (Lipinski definition) is 3. The number of rotatable bonds is 6. The molecule has 0 radical (unpaired) electrons. The van der Waals surface area contributed by atoms with E-state index in [0.29, 0.717) is 4.47 Å². The van der Waals surface area contributed by atoms with Crippen molar-refractivity contribution in [3.63, 3.8) is 0 Å². The molecular weight excluding hydrogens is 405 g/mol. The summed E-state index contributed by atoms with van der Waals surface area (Å²) < 4.78 is 27.7. The van der Waals surface area contributed by atoms with Crippen LogP contribution >= 0.6 is 39.1 Å². The van der Waals surface area contributed by atoms with E-state index in [4.69, 9.17) is 28.3 Å². The first-order chi connectivity index (χ1) is 9.54. The first-order valence-electron chi connectivity index (χ1n) is 5.93. The van der Waals surface area contributed by atoms with Crippen molar-refractivity contribution in [1.29, 1.82) is 0 Å². The van der Waals surface area contributed by atoms with Gasteiger partial charge >= 0.3 is 5.97 Å². The van der Waals surface area contributed by atoms with Crippen molar-refractivity contribution in [3.8, 4) is 0 Å². The average molecular weight is 419 g/mol. The number of carboxylic acids is 1. The van der Waals surface area contributed by atoms with Gasteiger partial charge in [0.2, 0.25) is 10.0 Å². The van der Waals surface area contributed by atoms with Crippen molar-refractivity contribution in [2.45, 2.75) is 31.2 Å². The third-order valence-electron chi connectivity index (χ3n) is 2.74. The lowest BCUT2D eigenvalue weighted by atomic mass is 10.0. The second kappa shape index (κ2) is 7.28. The summed E-state index contributed by atoms with van der Waals surface area (Å²) in [6, 6.07) is 2.05. The van der Waals surface area contributed by atoms with E-state index < -0.39 is 22.0 Å². The van der Waals surface area contributed by atoms with E-state index >= 15 is 0 Å². The van der Waals surface area contributed by atoms with Gasteiger partial charge < -0.3 is 5.11 Å². The van der Waals surface area contributed by atoms with Crippen LogP contribution in [-0.4, -0.2) is 25.5 Å². The molecule has 0 amide bonds. The molecule has 0 spiro atoms. The molecule has 0 aromatic heterocycles. The lowest BCUT2D eigenvalue weighted by Crippen LogP contribution is -2.40. The fourth-order valence-electron chi connectivity index (χ4n) is 1.65. The molecular formula is C12H14BrCl2NO4S. The molecule has 1 unspecified atom stereocenters. The average Bonchev–Trinajstić information content (AvgIpc) is 2.24. The number of hydrogen-bond donors (Lipinski definition) is 2. The maximum absolute atomic E-state index is 12.4. The minimum absolute atomic E-state index is 0.0419. The number of halogens is 3. The molecule has 0 aliphatic rings. The molecule has 5 nitrogen and oxygen atoms in total. The maximum atomic E-state index is 12.4. The highest BCUT2D eigenvalue weighted by molar-refractivity contribution is 9.10. The van der Waals surface area contributed by atoms with Crippen LogP contribution in [-0.2, 0) is 14.8 Å². The van der Waals surface area contributed by atoms with E-state index in [1.165, 1.54) is 12.1 Å². The second-order valence-corrected chi connectivity index (χ2v) is 8.15. The van der Waals surface area contributed by atoms with Gasteiger partial charge in [0.1, 0.15) is 4.90 Å². The number of benzene rings is 1. The molecule has 1 aromatic rings. The molecule has 1 aromatic carbocycles. The molecule has 118 valence electrons. The summed E-state index contributed by atoms with van der Waals surface area (Å²) in [6.45, 7) is 3.45. The number of carboxylic acid groups (broad SMARTS) is 1. The zero-order valence-corrected chi connectivity index (χ0v) is 15.1. The fourth-order valence-corrected chi connectivity index (χ4v) is 4.97. The number of nitrogens with one attached hydrogen (secondary N) is 1. The lowest BCUT2D eigenvalue weighted by molar-refractivity contribution is -0.137. The second-order valence-electron chi connectivity index (χ2n) is 4.77. The van der Waals surface area contributed by atoms with E-state index in [2.05, 4.69) is 20.7 Å². The van der Waals surface area contributed by atoms with Crippen LogP contribution in [0.2, 0.25) is 10.0 Å². The topological polar surface area (TPSA) is 83.5 Å². The molecule has 9 heteroatoms. The van der Waals surface area contributed by atoms with Crippen molar-refractivity contribution in [2.24, 2.45) is 5.92 Å². The lowest BCUT2D eigenvalue weighted by Gasteiger charge is -2.21. The van der Waals surface area contributed by atoms with Crippen LogP contribution in [0.1, 0.15) is 20.3 Å². The fraction of sp³-hybridized carbons (Fsp3) is 0.417. The molecule has 21 heavy (non-hydrogen) atoms. The Morgan fingerprint density at radius 3 is 2.19 bits per heavy atom. The van der Waals surface area contributed by atoms with E-state index in [-0.39, 0.29) is 27.3 Å². The Morgan fingerprint density at radius 1 is 1.33 bits per heavy atom. The van der Waals surface area contributed by atoms with Gasteiger partial charge in [-0.3, -0.25) is 4.79 Å². The standard InChI is InChI=1S/C12H14BrCl2NO4S/c1-6(2)10(5-11(17)18)16-21(19,20)12-8(14)3-7(13)4-9(12)15/h3-4,6,10,16H,5H2,1-2H3,(H,17,18). The highest BCUT2D eigenvalue weighted by Crippen LogP contribution is 2.33. The molecule has 1 atom stereocenters. The number of carbonyl (C=O) groups is 1. The normalized spacial score (nSPS) is 13.4. The van der Waals surface area contributed by atoms with Gasteiger partial charge in [0.15, 0.2) is 0 Å². The molecule has 2 N–H and O–H groups in total. The predicted molar refractivity (Wildman–Crippen MR) is 85.4 cm³/mol. The van der Waals surface area contributed by atoms with Gasteiger partial charge in [-0.25, -0.2) is 13.1 Å². The molecule has 0 saturated carbocycles. The summed E-state index contributed by atoms with van der Waals surface area (Å²) in [6.07, 6.45) is -0.331. The third-order valence-corrected chi connectivity index (χ3v) is 5.61. The summed E-state index contributed by atoms with van der Waals surface area (Å²) in [5, 5.41) is 8.77. The van der Waals surface area contributed by atoms with Gasteiger partial charge in [0.05, 0.1) is 16.5 Å². The van der Waals surface area contributed by atoms with E-state index in [0.717, 1.165) is 0 Å². The summed E-state index contributed by atoms with van der Waals surface area (Å²) in [7, 11) is -4.03. The Morgan fingerprint density at radius 2 is 1.81 bits per heavy atom. The Bertz CT molecular complexity index is 626. The summed E-state index contributed by atoms with van der Waals surface area (Å²) >= 11 is 15.0. The van der Waals surface area contributed by atoms with Crippen LogP contribution in [0.5, 0.6) is 0 Å². The quantitative estimate of drug-likeness (QED) is 0.739. The Hall–Kier alpha value is -0.340. The van der Waals surface area contributed by atoms with Crippen LogP contribution in [0.15, 0.2) is 21.5 Å². The monoisotopic (exact) mass is 417 g/mol. The van der Waals surface area contributed by atoms with Crippen LogP contribution < -0.4 is 4.72 Å². The van der Waals surface area contributed by atoms with Crippen LogP contribution in [0.25, 0.3) is 0 Å². The molecule has 0 aliphatic carbocycles. The molecule has 0 saturated heterocycles. The third kappa shape index (κ3) is 5.10. The van der Waals surface area contributed by atoms with Crippen molar-refractivity contribution in [2.75, 3.05) is 0 Å². The zero-order valence-electron chi connectivity index (χ0n) is 11.2. The van der Waals surface area contributed by atoms with Gasteiger partial charge in [0.25, 0.3) is 0 Å². The van der Waals surface area contributed by atoms with Crippen molar-refractivity contribution in [1.82, 2.24) is 4.72 Å².